The van der Waals surface area contributed by atoms with Gasteiger partial charge < -0.3 is 143 Å². The number of carbonyl (C=O) groups is 7. The summed E-state index contributed by atoms with van der Waals surface area (Å²) in [6.07, 6.45) is -20.6. The summed E-state index contributed by atoms with van der Waals surface area (Å²) in [7, 11) is 1.40. The number of fused-ring (bicyclic) bond motifs is 15. The Morgan fingerprint density at radius 3 is 1.94 bits per heavy atom. The Bertz CT molecular complexity index is 4820. The number of hydrogen-bond acceptors (Lipinski definition) is 28. The highest BCUT2D eigenvalue weighted by Crippen LogP contribution is 2.50. The molecule has 8 aliphatic heterocycles. The van der Waals surface area contributed by atoms with Gasteiger partial charge in [0.1, 0.15) is 101 Å². The number of phenolic OH excluding ortho intramolecular Hbond substituents is 4. The first-order valence-corrected chi connectivity index (χ1v) is 37.1. The maximum absolute atomic E-state index is 16.6. The average Bonchev–Trinajstić information content (AvgIpc) is 0.763. The van der Waals surface area contributed by atoms with Gasteiger partial charge in [0.25, 0.3) is 0 Å². The van der Waals surface area contributed by atoms with Crippen molar-refractivity contribution >= 4 is 64.6 Å². The monoisotopic (exact) mass is 1630 g/mol. The molecule has 0 spiro atoms. The Balaban J connectivity index is 1.05. The Morgan fingerprint density at radius 2 is 1.26 bits per heavy atom. The summed E-state index contributed by atoms with van der Waals surface area (Å²) in [5.74, 6) is -14.2. The molecular weight excluding hydrogens is 1550 g/mol. The molecule has 7 aromatic carbocycles. The normalized spacial score (nSPS) is 30.0. The second-order valence-corrected chi connectivity index (χ2v) is 29.4. The molecule has 0 radical (unpaired) electrons. The molecule has 22 N–H and O–H groups in total. The van der Waals surface area contributed by atoms with Gasteiger partial charge >= 0.3 is 5.97 Å². The summed E-state index contributed by atoms with van der Waals surface area (Å²) in [6, 6.07) is 11.6. The minimum absolute atomic E-state index is 0.0487. The molecule has 6 amide bonds. The van der Waals surface area contributed by atoms with Gasteiger partial charge in [0.15, 0.2) is 36.2 Å². The van der Waals surface area contributed by atoms with Crippen LogP contribution in [0.25, 0.3) is 11.1 Å². The number of carboxylic acids is 1. The van der Waals surface area contributed by atoms with Crippen LogP contribution in [-0.2, 0) is 68.4 Å². The molecule has 37 heteroatoms. The van der Waals surface area contributed by atoms with Gasteiger partial charge in [-0.3, -0.25) is 28.8 Å². The standard InChI is InChI=1S/C78H83Cl2N9O26/c1-30-63(95)44(81)27-54(108-30)114-70-66(98)65(97)53(29-90)112-78(70)115-69-51-23-37-24-52(69)111-50-18-13-36(22-43(50)80)68(113-55-28-45(82)67(107-3)31(2)109-55)62-76(104)87-60(77(105)106)41-25-38(91)26-49(94)56(41)40-20-35(12-16-47(40)92)58(73(101)89-62)86-74(102)59(37)85-71(99)46(19-32-7-5-4-6-8-32)84-75(103)61(64(96)33-9-14-39(110-51)15-10-33)88-72(100)57(83)34-11-17-48(93)42(79)21-34/h4-18,20-26,30-31,44-46,53-55,57-68,70,78,90-98H,19,27-29,81-83H2,1-3H3,(H,84,103)(H,85,99)(H,86,102)(H,87,104)(H,88,100)(H,89,101)(H,105,106)/t30-,31+,44+,45+,46+,53-,54+,55+,57-,58-,59-,60+,61-,62+,63+,64-,65-,66+,67+,68-,70-,78+/m1/s1. The first-order valence-electron chi connectivity index (χ1n) is 36.3. The number of aliphatic carboxylic acids is 1. The average molecular weight is 1630 g/mol. The number of nitrogens with one attached hydrogen (secondary N) is 6. The third-order valence-electron chi connectivity index (χ3n) is 20.7. The van der Waals surface area contributed by atoms with Gasteiger partial charge in [0.05, 0.1) is 41.1 Å². The number of aliphatic hydroxyl groups is 5. The number of halogens is 2. The summed E-state index contributed by atoms with van der Waals surface area (Å²) in [5, 5.41) is 129. The molecule has 3 saturated heterocycles. The van der Waals surface area contributed by atoms with E-state index in [2.05, 4.69) is 31.9 Å². The van der Waals surface area contributed by atoms with Crippen molar-refractivity contribution in [1.82, 2.24) is 31.9 Å². The summed E-state index contributed by atoms with van der Waals surface area (Å²) in [6.45, 7) is 2.17. The van der Waals surface area contributed by atoms with Crippen LogP contribution in [0.15, 0.2) is 133 Å². The van der Waals surface area contributed by atoms with Crippen molar-refractivity contribution < 1.29 is 127 Å². The first kappa shape index (κ1) is 82.4. The van der Waals surface area contributed by atoms with Crippen LogP contribution in [-0.4, -0.2) is 204 Å². The van der Waals surface area contributed by atoms with Crippen molar-refractivity contribution in [2.45, 2.75) is 167 Å². The number of hydrogen-bond donors (Lipinski definition) is 19. The third kappa shape index (κ3) is 17.5. The molecule has 22 atom stereocenters. The fourth-order valence-corrected chi connectivity index (χ4v) is 15.1. The van der Waals surface area contributed by atoms with Crippen LogP contribution in [0.3, 0.4) is 0 Å². The fourth-order valence-electron chi connectivity index (χ4n) is 14.7. The molecule has 7 aromatic rings. The lowest BCUT2D eigenvalue weighted by Crippen LogP contribution is -2.62. The number of benzene rings is 7. The predicted octanol–water partition coefficient (Wildman–Crippen LogP) is 2.36. The molecule has 610 valence electrons. The van der Waals surface area contributed by atoms with E-state index in [1.54, 1.807) is 37.3 Å². The Hall–Kier alpha value is -10.6. The van der Waals surface area contributed by atoms with E-state index >= 15 is 24.0 Å². The fraction of sp³-hybridized carbons (Fsp3) is 0.372. The van der Waals surface area contributed by atoms with Crippen molar-refractivity contribution in [3.8, 4) is 62.9 Å². The van der Waals surface area contributed by atoms with Gasteiger partial charge in [-0.05, 0) is 114 Å². The lowest BCUT2D eigenvalue weighted by atomic mass is 9.89. The van der Waals surface area contributed by atoms with E-state index in [-0.39, 0.29) is 68.0 Å². The molecule has 15 rings (SSSR count). The number of carboxylic acid groups (broad SMARTS) is 1. The minimum atomic E-state index is -2.27. The Morgan fingerprint density at radius 1 is 0.609 bits per heavy atom. The van der Waals surface area contributed by atoms with Gasteiger partial charge in [0.2, 0.25) is 47.5 Å². The number of aliphatic hydroxyl groups excluding tert-OH is 5. The zero-order valence-electron chi connectivity index (χ0n) is 61.2. The molecule has 0 saturated carbocycles. The molecule has 8 heterocycles. The van der Waals surface area contributed by atoms with E-state index < -0.39 is 240 Å². The zero-order chi connectivity index (χ0) is 82.3. The molecule has 0 unspecified atom stereocenters. The minimum Gasteiger partial charge on any atom is -0.508 e. The Kier molecular flexibility index (Phi) is 24.7. The Labute approximate surface area is 664 Å². The number of methoxy groups -OCH3 is 1. The maximum atomic E-state index is 16.6. The SMILES string of the molecule is CO[C@H]1[C@H](C)O[C@@H](O[C@@H]2c3ccc(c(Cl)c3)Oc3cc4cc(c3O[C@@H]3O[C@H](CO)[C@@H](O)[C@H](O)[C@H]3O[C@H]3C[C@H](N)[C@@H](O)[C@@H](C)O3)Oc3ccc(cc3)[C@@H](O)[C@@H](NC(=O)[C@H](N)c3ccc(O)c(Cl)c3)C(=O)N[C@@H](Cc3ccccc3)C(=O)N[C@H]4C(=O)N[C@H]3C(=O)N[C@@H]2C(=O)N[C@H](C(=O)O)c2cc(O)cc(O)c2-c2cc3ccc2O)C[C@@H]1N. The zero-order valence-corrected chi connectivity index (χ0v) is 62.7. The largest absolute Gasteiger partial charge is 0.508 e. The number of ether oxygens (including phenoxy) is 9. The number of carbonyl (C=O) groups excluding carboxylic acids is 6. The molecule has 3 fully saturated rings. The van der Waals surface area contributed by atoms with E-state index in [9.17, 15) is 60.7 Å². The van der Waals surface area contributed by atoms with E-state index in [1.807, 2.05) is 0 Å². The van der Waals surface area contributed by atoms with E-state index in [0.717, 1.165) is 42.5 Å². The van der Waals surface area contributed by atoms with Crippen LogP contribution in [0, 0.1) is 0 Å². The van der Waals surface area contributed by atoms with Gasteiger partial charge in [0, 0.05) is 61.2 Å². The smallest absolute Gasteiger partial charge is 0.330 e. The maximum Gasteiger partial charge on any atom is 0.330 e. The van der Waals surface area contributed by atoms with Crippen LogP contribution in [0.1, 0.15) is 102 Å². The second kappa shape index (κ2) is 34.5. The third-order valence-corrected chi connectivity index (χ3v) is 21.3. The van der Waals surface area contributed by atoms with Crippen LogP contribution in [0.5, 0.6) is 51.7 Å². The van der Waals surface area contributed by atoms with E-state index in [1.165, 1.54) is 74.7 Å². The van der Waals surface area contributed by atoms with Crippen molar-refractivity contribution in [3.05, 3.63) is 182 Å². The quantitative estimate of drug-likeness (QED) is 0.0743. The van der Waals surface area contributed by atoms with Crippen LogP contribution >= 0.6 is 23.2 Å². The summed E-state index contributed by atoms with van der Waals surface area (Å²) in [5.41, 5.74) is 17.6. The van der Waals surface area contributed by atoms with E-state index in [0.29, 0.717) is 5.56 Å². The molecular formula is C78H83Cl2N9O26. The van der Waals surface area contributed by atoms with Crippen molar-refractivity contribution in [1.29, 1.82) is 0 Å². The highest BCUT2D eigenvalue weighted by atomic mass is 35.5. The van der Waals surface area contributed by atoms with Crippen molar-refractivity contribution in [2.75, 3.05) is 13.7 Å². The number of nitrogens with two attached hydrogens (primary N) is 3. The molecule has 11 bridgehead atoms. The number of phenols is 4. The highest BCUT2D eigenvalue weighted by molar-refractivity contribution is 6.32. The lowest BCUT2D eigenvalue weighted by Gasteiger charge is -2.44. The summed E-state index contributed by atoms with van der Waals surface area (Å²) in [4.78, 5) is 108. The van der Waals surface area contributed by atoms with Gasteiger partial charge in [-0.25, -0.2) is 4.79 Å². The van der Waals surface area contributed by atoms with Gasteiger partial charge in [-0.2, -0.15) is 0 Å². The molecule has 8 aliphatic rings. The van der Waals surface area contributed by atoms with Gasteiger partial charge in [-0.15, -0.1) is 0 Å². The topological polar surface area (TPSA) is 555 Å². The number of amides is 6. The molecule has 0 aromatic heterocycles. The van der Waals surface area contributed by atoms with Gasteiger partial charge in [-0.1, -0.05) is 83.9 Å². The predicted molar refractivity (Wildman–Crippen MR) is 400 cm³/mol. The van der Waals surface area contributed by atoms with Crippen LogP contribution < -0.4 is 63.3 Å². The first-order chi connectivity index (χ1) is 54.8. The van der Waals surface area contributed by atoms with E-state index in [4.69, 9.17) is 83.0 Å². The lowest BCUT2D eigenvalue weighted by molar-refractivity contribution is -0.330. The summed E-state index contributed by atoms with van der Waals surface area (Å²) >= 11 is 13.6. The number of rotatable bonds is 14. The molecule has 0 aliphatic carbocycles. The van der Waals surface area contributed by atoms with Crippen LogP contribution in [0.2, 0.25) is 10.0 Å². The highest BCUT2D eigenvalue weighted by Gasteiger charge is 2.51. The van der Waals surface area contributed by atoms with Crippen molar-refractivity contribution in [2.24, 2.45) is 17.2 Å². The van der Waals surface area contributed by atoms with Crippen LogP contribution in [0.4, 0.5) is 0 Å². The molecule has 115 heavy (non-hydrogen) atoms. The number of aromatic hydroxyl groups is 4. The second-order valence-electron chi connectivity index (χ2n) is 28.5. The summed E-state index contributed by atoms with van der Waals surface area (Å²) < 4.78 is 57.7. The molecule has 35 nitrogen and oxygen atoms in total. The van der Waals surface area contributed by atoms with Crippen molar-refractivity contribution in [3.63, 3.8) is 0 Å².